The fourth-order valence-corrected chi connectivity index (χ4v) is 4.71. The van der Waals surface area contributed by atoms with Gasteiger partial charge in [0, 0.05) is 36.0 Å². The average Bonchev–Trinajstić information content (AvgIpc) is 3.26. The van der Waals surface area contributed by atoms with Crippen molar-refractivity contribution >= 4 is 33.4 Å². The quantitative estimate of drug-likeness (QED) is 0.557. The summed E-state index contributed by atoms with van der Waals surface area (Å²) in [5.74, 6) is 0.804. The van der Waals surface area contributed by atoms with Gasteiger partial charge in [-0.2, -0.15) is 0 Å². The molecule has 1 heterocycles. The minimum absolute atomic E-state index is 0.0172. The van der Waals surface area contributed by atoms with Crippen molar-refractivity contribution in [3.63, 3.8) is 0 Å². The summed E-state index contributed by atoms with van der Waals surface area (Å²) in [6, 6.07) is 7.92. The van der Waals surface area contributed by atoms with Crippen LogP contribution in [0.25, 0.3) is 21.8 Å². The number of aryl methyl sites for hydroxylation is 1. The molecule has 1 aliphatic carbocycles. The first-order chi connectivity index (χ1) is 14.0. The summed E-state index contributed by atoms with van der Waals surface area (Å²) < 4.78 is 8.08. The van der Waals surface area contributed by atoms with Crippen LogP contribution in [0.1, 0.15) is 53.5 Å². The van der Waals surface area contributed by atoms with Crippen molar-refractivity contribution < 1.29 is 14.3 Å². The monoisotopic (exact) mass is 392 g/mol. The maximum Gasteiger partial charge on any atom is 0.163 e. The van der Waals surface area contributed by atoms with Crippen LogP contribution in [0.15, 0.2) is 24.3 Å². The molecule has 0 saturated carbocycles. The third-order valence-electron chi connectivity index (χ3n) is 6.28. The zero-order chi connectivity index (χ0) is 20.7. The molecule has 0 saturated heterocycles. The minimum atomic E-state index is -0.0172. The van der Waals surface area contributed by atoms with E-state index >= 15 is 0 Å². The van der Waals surface area contributed by atoms with E-state index < -0.39 is 0 Å². The van der Waals surface area contributed by atoms with Crippen molar-refractivity contribution in [2.45, 2.75) is 40.2 Å². The molecule has 1 aliphatic rings. The Balaban J connectivity index is 2.05. The molecule has 0 atom stereocenters. The Labute approximate surface area is 171 Å². The number of ketones is 2. The number of fused-ring (bicyclic) bond motifs is 5. The lowest BCUT2D eigenvalue weighted by Gasteiger charge is -2.19. The molecule has 0 fully saturated rings. The van der Waals surface area contributed by atoms with Gasteiger partial charge in [-0.05, 0) is 56.3 Å². The van der Waals surface area contributed by atoms with Crippen molar-refractivity contribution in [3.05, 3.63) is 41.0 Å². The van der Waals surface area contributed by atoms with E-state index in [2.05, 4.69) is 29.4 Å². The van der Waals surface area contributed by atoms with Gasteiger partial charge < -0.3 is 14.2 Å². The van der Waals surface area contributed by atoms with Crippen LogP contribution in [-0.4, -0.2) is 47.8 Å². The molecule has 2 aromatic carbocycles. The topological polar surface area (TPSA) is 51.5 Å². The second kappa shape index (κ2) is 7.64. The summed E-state index contributed by atoms with van der Waals surface area (Å²) in [4.78, 5) is 27.0. The summed E-state index contributed by atoms with van der Waals surface area (Å²) in [5, 5.41) is 2.03. The molecule has 152 valence electrons. The largest absolute Gasteiger partial charge is 0.495 e. The molecule has 3 aromatic rings. The van der Waals surface area contributed by atoms with Gasteiger partial charge in [-0.15, -0.1) is 0 Å². The molecule has 0 N–H and O–H groups in total. The number of rotatable bonds is 7. The Morgan fingerprint density at radius 3 is 2.41 bits per heavy atom. The van der Waals surface area contributed by atoms with E-state index in [4.69, 9.17) is 4.74 Å². The Morgan fingerprint density at radius 1 is 1.07 bits per heavy atom. The fraction of sp³-hybridized carbons (Fsp3) is 0.417. The van der Waals surface area contributed by atoms with Gasteiger partial charge in [0.2, 0.25) is 0 Å². The SMILES string of the molecule is CCN(CC)CCn1c2ccc3c(c2c2c(OC)c(C(C)=O)ccc21)CCC3=O. The van der Waals surface area contributed by atoms with E-state index in [-0.39, 0.29) is 11.6 Å². The molecule has 0 radical (unpaired) electrons. The summed E-state index contributed by atoms with van der Waals surface area (Å²) in [6.07, 6.45) is 1.30. The number of benzene rings is 2. The maximum absolute atomic E-state index is 12.4. The lowest BCUT2D eigenvalue weighted by molar-refractivity contribution is 0.0991. The van der Waals surface area contributed by atoms with Crippen LogP contribution >= 0.6 is 0 Å². The van der Waals surface area contributed by atoms with Crippen molar-refractivity contribution in [1.82, 2.24) is 9.47 Å². The van der Waals surface area contributed by atoms with E-state index in [0.29, 0.717) is 17.7 Å². The molecule has 0 bridgehead atoms. The fourth-order valence-electron chi connectivity index (χ4n) is 4.71. The molecule has 4 rings (SSSR count). The van der Waals surface area contributed by atoms with Crippen molar-refractivity contribution in [1.29, 1.82) is 0 Å². The van der Waals surface area contributed by atoms with E-state index in [1.807, 2.05) is 18.2 Å². The van der Waals surface area contributed by atoms with Gasteiger partial charge in [-0.1, -0.05) is 13.8 Å². The van der Waals surface area contributed by atoms with Gasteiger partial charge in [0.15, 0.2) is 11.6 Å². The van der Waals surface area contributed by atoms with E-state index in [9.17, 15) is 9.59 Å². The zero-order valence-electron chi connectivity index (χ0n) is 17.7. The Bertz CT molecular complexity index is 1120. The summed E-state index contributed by atoms with van der Waals surface area (Å²) in [7, 11) is 1.62. The van der Waals surface area contributed by atoms with Crippen LogP contribution < -0.4 is 4.74 Å². The van der Waals surface area contributed by atoms with Crippen LogP contribution in [0.3, 0.4) is 0 Å². The Kier molecular flexibility index (Phi) is 5.17. The number of ether oxygens (including phenoxy) is 1. The summed E-state index contributed by atoms with van der Waals surface area (Å²) >= 11 is 0. The third kappa shape index (κ3) is 3.04. The highest BCUT2D eigenvalue weighted by Crippen LogP contribution is 2.42. The normalized spacial score (nSPS) is 13.6. The van der Waals surface area contributed by atoms with Crippen LogP contribution in [0, 0.1) is 0 Å². The lowest BCUT2D eigenvalue weighted by atomic mass is 9.99. The molecule has 0 amide bonds. The second-order valence-corrected chi connectivity index (χ2v) is 7.68. The zero-order valence-corrected chi connectivity index (χ0v) is 17.7. The second-order valence-electron chi connectivity index (χ2n) is 7.68. The number of nitrogens with zero attached hydrogens (tertiary/aromatic N) is 2. The van der Waals surface area contributed by atoms with Gasteiger partial charge in [0.25, 0.3) is 0 Å². The molecule has 5 nitrogen and oxygen atoms in total. The summed E-state index contributed by atoms with van der Waals surface area (Å²) in [6.45, 7) is 9.73. The highest BCUT2D eigenvalue weighted by molar-refractivity contribution is 6.19. The van der Waals surface area contributed by atoms with E-state index in [0.717, 1.165) is 65.5 Å². The number of aromatic nitrogens is 1. The molecular weight excluding hydrogens is 364 g/mol. The van der Waals surface area contributed by atoms with Crippen molar-refractivity contribution in [2.24, 2.45) is 0 Å². The van der Waals surface area contributed by atoms with Gasteiger partial charge in [0.05, 0.1) is 23.6 Å². The molecule has 0 spiro atoms. The molecule has 1 aromatic heterocycles. The highest BCUT2D eigenvalue weighted by atomic mass is 16.5. The number of likely N-dealkylation sites (N-methyl/N-ethyl adjacent to an activating group) is 1. The van der Waals surface area contributed by atoms with Crippen LogP contribution in [0.4, 0.5) is 0 Å². The molecule has 5 heteroatoms. The number of carbonyl (C=O) groups excluding carboxylic acids is 2. The van der Waals surface area contributed by atoms with Crippen LogP contribution in [0.5, 0.6) is 5.75 Å². The van der Waals surface area contributed by atoms with Crippen molar-refractivity contribution in [2.75, 3.05) is 26.7 Å². The third-order valence-corrected chi connectivity index (χ3v) is 6.28. The first kappa shape index (κ1) is 19.6. The molecule has 0 aliphatic heterocycles. The number of Topliss-reactive ketones (excluding diaryl/α,β-unsaturated/α-hetero) is 2. The molecule has 0 unspecified atom stereocenters. The Hall–Kier alpha value is -2.66. The Morgan fingerprint density at radius 2 is 1.76 bits per heavy atom. The number of hydrogen-bond donors (Lipinski definition) is 0. The minimum Gasteiger partial charge on any atom is -0.495 e. The number of methoxy groups -OCH3 is 1. The van der Waals surface area contributed by atoms with Gasteiger partial charge in [-0.25, -0.2) is 0 Å². The number of hydrogen-bond acceptors (Lipinski definition) is 4. The first-order valence-corrected chi connectivity index (χ1v) is 10.4. The van der Waals surface area contributed by atoms with Crippen LogP contribution in [0.2, 0.25) is 0 Å². The van der Waals surface area contributed by atoms with E-state index in [1.54, 1.807) is 14.0 Å². The summed E-state index contributed by atoms with van der Waals surface area (Å²) in [5.41, 5.74) is 4.67. The standard InChI is InChI=1S/C24H28N2O3/c1-5-25(6-2)13-14-26-19-11-8-17-18(9-12-21(17)28)22(19)23-20(26)10-7-16(15(3)27)24(23)29-4/h7-8,10-11H,5-6,9,12-14H2,1-4H3. The predicted octanol–water partition coefficient (Wildman–Crippen LogP) is 4.48. The highest BCUT2D eigenvalue weighted by Gasteiger charge is 2.27. The maximum atomic E-state index is 12.4. The first-order valence-electron chi connectivity index (χ1n) is 10.4. The molecular formula is C24H28N2O3. The predicted molar refractivity (Wildman–Crippen MR) is 116 cm³/mol. The van der Waals surface area contributed by atoms with Gasteiger partial charge in [-0.3, -0.25) is 9.59 Å². The van der Waals surface area contributed by atoms with Crippen molar-refractivity contribution in [3.8, 4) is 5.75 Å². The molecule has 29 heavy (non-hydrogen) atoms. The van der Waals surface area contributed by atoms with Gasteiger partial charge >= 0.3 is 0 Å². The average molecular weight is 392 g/mol. The van der Waals surface area contributed by atoms with E-state index in [1.165, 1.54) is 0 Å². The lowest BCUT2D eigenvalue weighted by Crippen LogP contribution is -2.26. The van der Waals surface area contributed by atoms with Gasteiger partial charge in [0.1, 0.15) is 5.75 Å². The smallest absolute Gasteiger partial charge is 0.163 e. The van der Waals surface area contributed by atoms with Crippen LogP contribution in [-0.2, 0) is 13.0 Å². The number of carbonyl (C=O) groups is 2.